The van der Waals surface area contributed by atoms with Gasteiger partial charge in [-0.25, -0.2) is 9.97 Å². The van der Waals surface area contributed by atoms with E-state index in [1.54, 1.807) is 20.2 Å². The maximum Gasteiger partial charge on any atom is 0.162 e. The van der Waals surface area contributed by atoms with E-state index in [-0.39, 0.29) is 5.78 Å². The van der Waals surface area contributed by atoms with Gasteiger partial charge < -0.3 is 16.0 Å². The molecule has 3 N–H and O–H groups in total. The number of Topliss-reactive ketones (excluding diaryl/α,β-unsaturated/α-hetero) is 1. The molecule has 1 saturated carbocycles. The van der Waals surface area contributed by atoms with Gasteiger partial charge in [-0.1, -0.05) is 6.07 Å². The van der Waals surface area contributed by atoms with Crippen LogP contribution in [0.2, 0.25) is 0 Å². The van der Waals surface area contributed by atoms with E-state index in [2.05, 4.69) is 34.3 Å². The highest BCUT2D eigenvalue weighted by atomic mass is 16.1. The van der Waals surface area contributed by atoms with Gasteiger partial charge in [-0.2, -0.15) is 0 Å². The van der Waals surface area contributed by atoms with Gasteiger partial charge >= 0.3 is 0 Å². The first kappa shape index (κ1) is 19.3. The number of carbonyl (C=O) groups excluding carboxylic acids is 1. The average molecular weight is 367 g/mol. The molecule has 0 unspecified atom stereocenters. The molecular formula is C21H29N5O. The number of aromatic nitrogens is 2. The molecule has 1 aliphatic rings. The van der Waals surface area contributed by atoms with E-state index in [4.69, 9.17) is 5.73 Å². The number of hydrogen-bond acceptors (Lipinski definition) is 6. The number of nitrogens with one attached hydrogen (secondary N) is 1. The number of rotatable bonds is 5. The summed E-state index contributed by atoms with van der Waals surface area (Å²) in [5.74, 6) is 0.787. The Balaban J connectivity index is 1.89. The van der Waals surface area contributed by atoms with Crippen molar-refractivity contribution in [3.8, 4) is 0 Å². The summed E-state index contributed by atoms with van der Waals surface area (Å²) in [5, 5.41) is 4.53. The van der Waals surface area contributed by atoms with Crippen LogP contribution in [0.1, 0.15) is 45.1 Å². The van der Waals surface area contributed by atoms with E-state index >= 15 is 0 Å². The van der Waals surface area contributed by atoms with Crippen molar-refractivity contribution in [3.63, 3.8) is 0 Å². The van der Waals surface area contributed by atoms with Crippen LogP contribution in [0.4, 0.5) is 5.82 Å². The van der Waals surface area contributed by atoms with Crippen LogP contribution in [0.15, 0.2) is 30.2 Å². The normalized spacial score (nSPS) is 21.2. The SMILES string of the molecule is CC(=O)/C(=C(/C)N)c1ccc2ncnc(NC3CCC(N(C)C)CC3)c2c1. The molecule has 0 spiro atoms. The van der Waals surface area contributed by atoms with Crippen LogP contribution in [0.25, 0.3) is 16.5 Å². The van der Waals surface area contributed by atoms with Crippen molar-refractivity contribution < 1.29 is 4.79 Å². The van der Waals surface area contributed by atoms with Crippen molar-refractivity contribution in [1.29, 1.82) is 0 Å². The topological polar surface area (TPSA) is 84.1 Å². The molecule has 0 saturated heterocycles. The highest BCUT2D eigenvalue weighted by molar-refractivity contribution is 6.20. The zero-order valence-electron chi connectivity index (χ0n) is 16.6. The van der Waals surface area contributed by atoms with Gasteiger partial charge in [0.05, 0.1) is 5.52 Å². The molecule has 144 valence electrons. The standard InChI is InChI=1S/C21H29N5O/c1-13(22)20(14(2)27)15-5-10-19-18(11-15)21(24-12-23-19)25-16-6-8-17(9-7-16)26(3)4/h5,10-12,16-17H,6-9,22H2,1-4H3,(H,23,24,25)/b20-13+. The highest BCUT2D eigenvalue weighted by Crippen LogP contribution is 2.29. The van der Waals surface area contributed by atoms with E-state index in [0.29, 0.717) is 23.4 Å². The maximum atomic E-state index is 12.0. The maximum absolute atomic E-state index is 12.0. The Hall–Kier alpha value is -2.47. The van der Waals surface area contributed by atoms with Gasteiger partial charge in [-0.15, -0.1) is 0 Å². The van der Waals surface area contributed by atoms with Crippen LogP contribution in [0, 0.1) is 0 Å². The Morgan fingerprint density at radius 3 is 2.44 bits per heavy atom. The molecule has 1 aliphatic carbocycles. The zero-order chi connectivity index (χ0) is 19.6. The highest BCUT2D eigenvalue weighted by Gasteiger charge is 2.23. The number of carbonyl (C=O) groups is 1. The van der Waals surface area contributed by atoms with Gasteiger partial charge in [0, 0.05) is 28.7 Å². The van der Waals surface area contributed by atoms with E-state index in [1.807, 2.05) is 18.2 Å². The molecule has 27 heavy (non-hydrogen) atoms. The van der Waals surface area contributed by atoms with Crippen molar-refractivity contribution in [2.75, 3.05) is 19.4 Å². The molecule has 2 aromatic rings. The minimum absolute atomic E-state index is 0.0392. The molecule has 3 rings (SSSR count). The van der Waals surface area contributed by atoms with Crippen molar-refractivity contribution in [2.45, 2.75) is 51.6 Å². The molecule has 6 nitrogen and oxygen atoms in total. The Labute approximate surface area is 160 Å². The summed E-state index contributed by atoms with van der Waals surface area (Å²) in [6.45, 7) is 3.30. The van der Waals surface area contributed by atoms with E-state index < -0.39 is 0 Å². The average Bonchev–Trinajstić information content (AvgIpc) is 2.62. The Bertz CT molecular complexity index is 862. The van der Waals surface area contributed by atoms with Crippen LogP contribution in [0.5, 0.6) is 0 Å². The van der Waals surface area contributed by atoms with Gasteiger partial charge in [0.1, 0.15) is 12.1 Å². The van der Waals surface area contributed by atoms with Gasteiger partial charge in [0.2, 0.25) is 0 Å². The zero-order valence-corrected chi connectivity index (χ0v) is 16.6. The number of nitrogens with two attached hydrogens (primary N) is 1. The number of nitrogens with zero attached hydrogens (tertiary/aromatic N) is 3. The summed E-state index contributed by atoms with van der Waals surface area (Å²) in [7, 11) is 4.30. The fourth-order valence-corrected chi connectivity index (χ4v) is 3.97. The predicted molar refractivity (Wildman–Crippen MR) is 110 cm³/mol. The van der Waals surface area contributed by atoms with E-state index in [1.165, 1.54) is 12.8 Å². The first-order valence-electron chi connectivity index (χ1n) is 9.52. The molecule has 0 amide bonds. The van der Waals surface area contributed by atoms with Crippen molar-refractivity contribution >= 4 is 28.1 Å². The van der Waals surface area contributed by atoms with Crippen LogP contribution < -0.4 is 11.1 Å². The second kappa shape index (κ2) is 8.05. The van der Waals surface area contributed by atoms with Crippen LogP contribution >= 0.6 is 0 Å². The number of fused-ring (bicyclic) bond motifs is 1. The molecule has 1 aromatic carbocycles. The first-order chi connectivity index (χ1) is 12.9. The van der Waals surface area contributed by atoms with Crippen LogP contribution in [-0.2, 0) is 4.79 Å². The summed E-state index contributed by atoms with van der Waals surface area (Å²) in [4.78, 5) is 23.2. The third-order valence-corrected chi connectivity index (χ3v) is 5.44. The lowest BCUT2D eigenvalue weighted by Crippen LogP contribution is -2.36. The molecule has 0 atom stereocenters. The molecular weight excluding hydrogens is 338 g/mol. The summed E-state index contributed by atoms with van der Waals surface area (Å²) in [6.07, 6.45) is 6.19. The lowest BCUT2D eigenvalue weighted by molar-refractivity contribution is -0.111. The van der Waals surface area contributed by atoms with E-state index in [9.17, 15) is 4.79 Å². The quantitative estimate of drug-likeness (QED) is 0.790. The largest absolute Gasteiger partial charge is 0.402 e. The molecule has 1 heterocycles. The van der Waals surface area contributed by atoms with Crippen molar-refractivity contribution in [3.05, 3.63) is 35.8 Å². The van der Waals surface area contributed by atoms with Gasteiger partial charge in [0.25, 0.3) is 0 Å². The fraction of sp³-hybridized carbons (Fsp3) is 0.476. The minimum atomic E-state index is -0.0392. The summed E-state index contributed by atoms with van der Waals surface area (Å²) in [6, 6.07) is 6.85. The number of hydrogen-bond donors (Lipinski definition) is 2. The second-order valence-electron chi connectivity index (χ2n) is 7.68. The number of anilines is 1. The Morgan fingerprint density at radius 1 is 1.15 bits per heavy atom. The van der Waals surface area contributed by atoms with Crippen molar-refractivity contribution in [1.82, 2.24) is 14.9 Å². The second-order valence-corrected chi connectivity index (χ2v) is 7.68. The first-order valence-corrected chi connectivity index (χ1v) is 9.52. The number of ketones is 1. The smallest absolute Gasteiger partial charge is 0.162 e. The molecule has 0 radical (unpaired) electrons. The van der Waals surface area contributed by atoms with Gasteiger partial charge in [-0.3, -0.25) is 4.79 Å². The Kier molecular flexibility index (Phi) is 5.75. The molecule has 1 fully saturated rings. The summed E-state index contributed by atoms with van der Waals surface area (Å²) in [5.41, 5.74) is 8.69. The monoisotopic (exact) mass is 367 g/mol. The van der Waals surface area contributed by atoms with Gasteiger partial charge in [0.15, 0.2) is 5.78 Å². The summed E-state index contributed by atoms with van der Waals surface area (Å²) >= 11 is 0. The Morgan fingerprint density at radius 2 is 1.85 bits per heavy atom. The van der Waals surface area contributed by atoms with Crippen LogP contribution in [-0.4, -0.2) is 46.8 Å². The van der Waals surface area contributed by atoms with Crippen molar-refractivity contribution in [2.24, 2.45) is 5.73 Å². The fourth-order valence-electron chi connectivity index (χ4n) is 3.97. The third kappa shape index (κ3) is 4.27. The number of benzene rings is 1. The molecule has 6 heteroatoms. The summed E-state index contributed by atoms with van der Waals surface area (Å²) < 4.78 is 0. The van der Waals surface area contributed by atoms with Gasteiger partial charge in [-0.05, 0) is 71.3 Å². The molecule has 0 aliphatic heterocycles. The lowest BCUT2D eigenvalue weighted by atomic mass is 9.90. The predicted octanol–water partition coefficient (Wildman–Crippen LogP) is 3.19. The number of allylic oxidation sites excluding steroid dienone is 2. The lowest BCUT2D eigenvalue weighted by Gasteiger charge is -2.33. The molecule has 1 aromatic heterocycles. The molecule has 0 bridgehead atoms. The third-order valence-electron chi connectivity index (χ3n) is 5.44. The van der Waals surface area contributed by atoms with Crippen LogP contribution in [0.3, 0.4) is 0 Å². The van der Waals surface area contributed by atoms with E-state index in [0.717, 1.165) is 35.1 Å². The minimum Gasteiger partial charge on any atom is -0.402 e.